The fourth-order valence-electron chi connectivity index (χ4n) is 3.12. The Morgan fingerprint density at radius 3 is 2.11 bits per heavy atom. The van der Waals surface area contributed by atoms with Crippen LogP contribution in [-0.4, -0.2) is 24.4 Å². The molecule has 1 aliphatic carbocycles. The summed E-state index contributed by atoms with van der Waals surface area (Å²) in [7, 11) is 0. The maximum Gasteiger partial charge on any atom is 0.317 e. The highest BCUT2D eigenvalue weighted by molar-refractivity contribution is 6.05. The van der Waals surface area contributed by atoms with E-state index in [1.54, 1.807) is 12.1 Å². The molecule has 0 spiro atoms. The number of amides is 2. The molecule has 28 heavy (non-hydrogen) atoms. The smallest absolute Gasteiger partial charge is 0.317 e. The summed E-state index contributed by atoms with van der Waals surface area (Å²) in [6, 6.07) is 16.5. The lowest BCUT2D eigenvalue weighted by atomic mass is 9.87. The molecule has 1 saturated carbocycles. The van der Waals surface area contributed by atoms with E-state index < -0.39 is 29.8 Å². The van der Waals surface area contributed by atoms with Crippen molar-refractivity contribution in [3.63, 3.8) is 0 Å². The molecule has 2 aromatic carbocycles. The first-order chi connectivity index (χ1) is 13.2. The van der Waals surface area contributed by atoms with Gasteiger partial charge >= 0.3 is 5.97 Å². The van der Waals surface area contributed by atoms with E-state index in [2.05, 4.69) is 26.1 Å². The van der Waals surface area contributed by atoms with Crippen molar-refractivity contribution >= 4 is 17.8 Å². The fraction of sp³-hybridized carbons (Fsp3) is 0.348. The standard InChI is InChI=1S/C23H25NO4/c1-22(2,3)17-11-9-16(10-12-17)20(26)24-19(25)15-28-21(27)23(13-14-23)18-7-5-4-6-8-18/h4-12H,13-15H2,1-3H3,(H,24,25,26). The average Bonchev–Trinajstić information content (AvgIpc) is 3.48. The highest BCUT2D eigenvalue weighted by atomic mass is 16.5. The number of carbonyl (C=O) groups is 3. The second-order valence-corrected chi connectivity index (χ2v) is 8.23. The minimum atomic E-state index is -0.645. The van der Waals surface area contributed by atoms with Crippen molar-refractivity contribution in [2.24, 2.45) is 0 Å². The minimum Gasteiger partial charge on any atom is -0.455 e. The van der Waals surface area contributed by atoms with E-state index in [-0.39, 0.29) is 5.41 Å². The van der Waals surface area contributed by atoms with Crippen LogP contribution in [0.2, 0.25) is 0 Å². The van der Waals surface area contributed by atoms with Crippen LogP contribution in [0.25, 0.3) is 0 Å². The van der Waals surface area contributed by atoms with Gasteiger partial charge in [0.2, 0.25) is 0 Å². The van der Waals surface area contributed by atoms with Crippen LogP contribution in [0.4, 0.5) is 0 Å². The molecule has 3 rings (SSSR count). The summed E-state index contributed by atoms with van der Waals surface area (Å²) in [6.07, 6.45) is 1.41. The van der Waals surface area contributed by atoms with Gasteiger partial charge in [0.15, 0.2) is 6.61 Å². The van der Waals surface area contributed by atoms with Gasteiger partial charge in [0.1, 0.15) is 0 Å². The number of nitrogens with one attached hydrogen (secondary N) is 1. The molecule has 2 aromatic rings. The number of benzene rings is 2. The van der Waals surface area contributed by atoms with Gasteiger partial charge in [0.25, 0.3) is 11.8 Å². The monoisotopic (exact) mass is 379 g/mol. The maximum absolute atomic E-state index is 12.4. The third-order valence-electron chi connectivity index (χ3n) is 5.07. The summed E-state index contributed by atoms with van der Waals surface area (Å²) < 4.78 is 5.18. The van der Waals surface area contributed by atoms with E-state index in [1.165, 1.54) is 0 Å². The van der Waals surface area contributed by atoms with Crippen molar-refractivity contribution in [2.45, 2.75) is 44.4 Å². The normalized spacial score (nSPS) is 14.8. The summed E-state index contributed by atoms with van der Waals surface area (Å²) in [5.41, 5.74) is 1.72. The maximum atomic E-state index is 12.4. The molecule has 5 heteroatoms. The predicted octanol–water partition coefficient (Wildman–Crippen LogP) is 3.52. The molecule has 0 bridgehead atoms. The molecule has 1 fully saturated rings. The summed E-state index contributed by atoms with van der Waals surface area (Å²) in [5, 5.41) is 2.27. The van der Waals surface area contributed by atoms with Crippen molar-refractivity contribution in [1.82, 2.24) is 5.32 Å². The van der Waals surface area contributed by atoms with E-state index in [4.69, 9.17) is 4.74 Å². The molecule has 0 saturated heterocycles. The lowest BCUT2D eigenvalue weighted by Crippen LogP contribution is -2.35. The zero-order valence-corrected chi connectivity index (χ0v) is 16.5. The van der Waals surface area contributed by atoms with Crippen molar-refractivity contribution in [3.8, 4) is 0 Å². The quantitative estimate of drug-likeness (QED) is 0.807. The Bertz CT molecular complexity index is 875. The highest BCUT2D eigenvalue weighted by Gasteiger charge is 2.52. The zero-order valence-electron chi connectivity index (χ0n) is 16.5. The van der Waals surface area contributed by atoms with Gasteiger partial charge in [-0.25, -0.2) is 0 Å². The fourth-order valence-corrected chi connectivity index (χ4v) is 3.12. The lowest BCUT2D eigenvalue weighted by molar-refractivity contribution is -0.150. The molecule has 1 N–H and O–H groups in total. The Morgan fingerprint density at radius 1 is 0.964 bits per heavy atom. The van der Waals surface area contributed by atoms with Crippen molar-refractivity contribution < 1.29 is 19.1 Å². The largest absolute Gasteiger partial charge is 0.455 e. The Balaban J connectivity index is 1.53. The number of hydrogen-bond donors (Lipinski definition) is 1. The van der Waals surface area contributed by atoms with Crippen LogP contribution in [0.3, 0.4) is 0 Å². The number of ether oxygens (including phenoxy) is 1. The molecule has 0 aromatic heterocycles. The van der Waals surface area contributed by atoms with Crippen molar-refractivity contribution in [1.29, 1.82) is 0 Å². The number of hydrogen-bond acceptors (Lipinski definition) is 4. The molecule has 0 unspecified atom stereocenters. The van der Waals surface area contributed by atoms with Gasteiger partial charge in [-0.15, -0.1) is 0 Å². The second kappa shape index (κ2) is 7.58. The third kappa shape index (κ3) is 4.30. The molecule has 0 atom stereocenters. The van der Waals surface area contributed by atoms with Crippen molar-refractivity contribution in [2.75, 3.05) is 6.61 Å². The van der Waals surface area contributed by atoms with E-state index in [0.717, 1.165) is 11.1 Å². The van der Waals surface area contributed by atoms with Crippen LogP contribution in [-0.2, 0) is 25.2 Å². The van der Waals surface area contributed by atoms with Gasteiger partial charge < -0.3 is 4.74 Å². The summed E-state index contributed by atoms with van der Waals surface area (Å²) in [6.45, 7) is 5.78. The topological polar surface area (TPSA) is 72.5 Å². The molecule has 146 valence electrons. The molecule has 0 heterocycles. The summed E-state index contributed by atoms with van der Waals surface area (Å²) in [5.74, 6) is -1.57. The van der Waals surface area contributed by atoms with Gasteiger partial charge in [-0.1, -0.05) is 63.2 Å². The van der Waals surface area contributed by atoms with Gasteiger partial charge in [0, 0.05) is 5.56 Å². The predicted molar refractivity (Wildman–Crippen MR) is 106 cm³/mol. The molecule has 2 amide bonds. The minimum absolute atomic E-state index is 0.0173. The number of imide groups is 1. The summed E-state index contributed by atoms with van der Waals surface area (Å²) >= 11 is 0. The van der Waals surface area contributed by atoms with Crippen LogP contribution < -0.4 is 5.32 Å². The van der Waals surface area contributed by atoms with Gasteiger partial charge in [-0.05, 0) is 41.5 Å². The van der Waals surface area contributed by atoms with E-state index in [9.17, 15) is 14.4 Å². The molecular weight excluding hydrogens is 354 g/mol. The third-order valence-corrected chi connectivity index (χ3v) is 5.07. The highest BCUT2D eigenvalue weighted by Crippen LogP contribution is 2.49. The second-order valence-electron chi connectivity index (χ2n) is 8.23. The average molecular weight is 379 g/mol. The van der Waals surface area contributed by atoms with Crippen LogP contribution in [0.1, 0.15) is 55.1 Å². The van der Waals surface area contributed by atoms with Crippen molar-refractivity contribution in [3.05, 3.63) is 71.3 Å². The molecule has 5 nitrogen and oxygen atoms in total. The number of esters is 1. The van der Waals surface area contributed by atoms with Crippen LogP contribution >= 0.6 is 0 Å². The number of carbonyl (C=O) groups excluding carboxylic acids is 3. The molecule has 1 aliphatic rings. The molecular formula is C23H25NO4. The lowest BCUT2D eigenvalue weighted by Gasteiger charge is -2.19. The van der Waals surface area contributed by atoms with Crippen LogP contribution in [0.5, 0.6) is 0 Å². The molecule has 0 aliphatic heterocycles. The Morgan fingerprint density at radius 2 is 1.57 bits per heavy atom. The van der Waals surface area contributed by atoms with Gasteiger partial charge in [-0.3, -0.25) is 19.7 Å². The van der Waals surface area contributed by atoms with Crippen LogP contribution in [0, 0.1) is 0 Å². The summed E-state index contributed by atoms with van der Waals surface area (Å²) in [4.78, 5) is 36.7. The Labute approximate surface area is 165 Å². The zero-order chi connectivity index (χ0) is 20.4. The molecule has 0 radical (unpaired) electrons. The first-order valence-electron chi connectivity index (χ1n) is 9.40. The van der Waals surface area contributed by atoms with E-state index in [0.29, 0.717) is 18.4 Å². The van der Waals surface area contributed by atoms with Gasteiger partial charge in [-0.2, -0.15) is 0 Å². The number of rotatable bonds is 5. The SMILES string of the molecule is CC(C)(C)c1ccc(C(=O)NC(=O)COC(=O)C2(c3ccccc3)CC2)cc1. The first-order valence-corrected chi connectivity index (χ1v) is 9.40. The Kier molecular flexibility index (Phi) is 5.36. The first kappa shape index (κ1) is 19.8. The van der Waals surface area contributed by atoms with E-state index >= 15 is 0 Å². The van der Waals surface area contributed by atoms with Gasteiger partial charge in [0.05, 0.1) is 5.41 Å². The van der Waals surface area contributed by atoms with E-state index in [1.807, 2.05) is 42.5 Å². The Hall–Kier alpha value is -2.95. The van der Waals surface area contributed by atoms with Crippen LogP contribution in [0.15, 0.2) is 54.6 Å².